The molecule has 1 aromatic carbocycles. The molecule has 0 unspecified atom stereocenters. The Morgan fingerprint density at radius 2 is 1.83 bits per heavy atom. The van der Waals surface area contributed by atoms with Gasteiger partial charge >= 0.3 is 0 Å². The van der Waals surface area contributed by atoms with Gasteiger partial charge in [-0.15, -0.1) is 15.3 Å². The Balaban J connectivity index is 1.78. The van der Waals surface area contributed by atoms with Gasteiger partial charge in [-0.3, -0.25) is 0 Å². The minimum Gasteiger partial charge on any atom is -0.493 e. The van der Waals surface area contributed by atoms with Gasteiger partial charge in [-0.05, 0) is 38.1 Å². The van der Waals surface area contributed by atoms with Crippen LogP contribution in [0.2, 0.25) is 0 Å². The van der Waals surface area contributed by atoms with Crippen LogP contribution in [0, 0.1) is 0 Å². The van der Waals surface area contributed by atoms with Crippen LogP contribution in [-0.4, -0.2) is 60.9 Å². The SMILES string of the molecule is COc1ccc(-c2nnc3ccc(OCCNS(=O)(=O)C(C)C)nn23)cc1OC. The standard InChI is InChI=1S/C18H23N5O5S/c1-12(2)29(24,25)19-9-10-28-17-8-7-16-20-21-18(23(16)22-17)13-5-6-14(26-3)15(11-13)27-4/h5-8,11-12,19H,9-10H2,1-4H3. The van der Waals surface area contributed by atoms with Crippen LogP contribution in [0.15, 0.2) is 30.3 Å². The van der Waals surface area contributed by atoms with E-state index in [1.165, 1.54) is 0 Å². The molecule has 2 heterocycles. The predicted octanol–water partition coefficient (Wildman–Crippen LogP) is 1.52. The number of hydrogen-bond acceptors (Lipinski definition) is 8. The van der Waals surface area contributed by atoms with Crippen molar-refractivity contribution in [2.24, 2.45) is 0 Å². The number of ether oxygens (including phenoxy) is 3. The van der Waals surface area contributed by atoms with Gasteiger partial charge in [0.1, 0.15) is 6.61 Å². The second kappa shape index (κ2) is 8.62. The molecular formula is C18H23N5O5S. The van der Waals surface area contributed by atoms with Crippen molar-refractivity contribution in [2.45, 2.75) is 19.1 Å². The molecule has 3 rings (SSSR count). The van der Waals surface area contributed by atoms with Crippen molar-refractivity contribution in [3.63, 3.8) is 0 Å². The Bertz CT molecular complexity index is 1100. The van der Waals surface area contributed by atoms with E-state index in [-0.39, 0.29) is 13.2 Å². The van der Waals surface area contributed by atoms with Crippen LogP contribution in [0.5, 0.6) is 17.4 Å². The second-order valence-electron chi connectivity index (χ2n) is 6.37. The van der Waals surface area contributed by atoms with Crippen LogP contribution in [-0.2, 0) is 10.0 Å². The fourth-order valence-corrected chi connectivity index (χ4v) is 3.21. The first-order valence-electron chi connectivity index (χ1n) is 8.92. The molecule has 11 heteroatoms. The van der Waals surface area contributed by atoms with Gasteiger partial charge in [-0.2, -0.15) is 4.52 Å². The van der Waals surface area contributed by atoms with Gasteiger partial charge in [-0.1, -0.05) is 0 Å². The third kappa shape index (κ3) is 4.57. The molecule has 0 aliphatic heterocycles. The quantitative estimate of drug-likeness (QED) is 0.517. The molecule has 2 aromatic heterocycles. The molecule has 0 saturated heterocycles. The molecule has 0 bridgehead atoms. The summed E-state index contributed by atoms with van der Waals surface area (Å²) in [5.74, 6) is 1.99. The maximum absolute atomic E-state index is 11.8. The smallest absolute Gasteiger partial charge is 0.231 e. The van der Waals surface area contributed by atoms with E-state index in [1.807, 2.05) is 6.07 Å². The third-order valence-electron chi connectivity index (χ3n) is 4.16. The number of nitrogens with one attached hydrogen (secondary N) is 1. The lowest BCUT2D eigenvalue weighted by molar-refractivity contribution is 0.305. The monoisotopic (exact) mass is 421 g/mol. The van der Waals surface area contributed by atoms with E-state index >= 15 is 0 Å². The molecule has 0 amide bonds. The lowest BCUT2D eigenvalue weighted by Gasteiger charge is -2.10. The number of aromatic nitrogens is 4. The highest BCUT2D eigenvalue weighted by atomic mass is 32.2. The molecule has 3 aromatic rings. The molecule has 0 aliphatic carbocycles. The number of hydrogen-bond donors (Lipinski definition) is 1. The maximum Gasteiger partial charge on any atom is 0.231 e. The molecule has 0 fully saturated rings. The zero-order valence-corrected chi connectivity index (χ0v) is 17.4. The van der Waals surface area contributed by atoms with E-state index in [4.69, 9.17) is 14.2 Å². The molecule has 0 aliphatic rings. The van der Waals surface area contributed by atoms with Gasteiger partial charge in [0.05, 0.1) is 19.5 Å². The summed E-state index contributed by atoms with van der Waals surface area (Å²) in [6, 6.07) is 8.76. The summed E-state index contributed by atoms with van der Waals surface area (Å²) in [6.07, 6.45) is 0. The van der Waals surface area contributed by atoms with E-state index in [0.717, 1.165) is 5.56 Å². The minimum atomic E-state index is -3.33. The third-order valence-corrected chi connectivity index (χ3v) is 6.00. The summed E-state index contributed by atoms with van der Waals surface area (Å²) >= 11 is 0. The summed E-state index contributed by atoms with van der Waals surface area (Å²) in [4.78, 5) is 0. The number of nitrogens with zero attached hydrogens (tertiary/aromatic N) is 4. The van der Waals surface area contributed by atoms with Gasteiger partial charge in [0, 0.05) is 18.2 Å². The van der Waals surface area contributed by atoms with Crippen LogP contribution >= 0.6 is 0 Å². The largest absolute Gasteiger partial charge is 0.493 e. The Hall–Kier alpha value is -2.92. The molecular weight excluding hydrogens is 398 g/mol. The van der Waals surface area contributed by atoms with Crippen molar-refractivity contribution in [1.29, 1.82) is 0 Å². The van der Waals surface area contributed by atoms with Gasteiger partial charge in [-0.25, -0.2) is 13.1 Å². The summed E-state index contributed by atoms with van der Waals surface area (Å²) in [5, 5.41) is 12.2. The lowest BCUT2D eigenvalue weighted by Crippen LogP contribution is -2.33. The van der Waals surface area contributed by atoms with Gasteiger partial charge in [0.2, 0.25) is 15.9 Å². The Labute approximate surface area is 168 Å². The Kier molecular flexibility index (Phi) is 6.18. The van der Waals surface area contributed by atoms with E-state index in [0.29, 0.717) is 28.9 Å². The van der Waals surface area contributed by atoms with Crippen molar-refractivity contribution in [3.05, 3.63) is 30.3 Å². The zero-order chi connectivity index (χ0) is 21.0. The number of fused-ring (bicyclic) bond motifs is 1. The molecule has 1 N–H and O–H groups in total. The zero-order valence-electron chi connectivity index (χ0n) is 16.6. The van der Waals surface area contributed by atoms with Crippen LogP contribution in [0.1, 0.15) is 13.8 Å². The Morgan fingerprint density at radius 3 is 2.52 bits per heavy atom. The van der Waals surface area contributed by atoms with Crippen LogP contribution in [0.4, 0.5) is 0 Å². The molecule has 0 saturated carbocycles. The van der Waals surface area contributed by atoms with E-state index in [9.17, 15) is 8.42 Å². The van der Waals surface area contributed by atoms with E-state index in [1.54, 1.807) is 56.8 Å². The van der Waals surface area contributed by atoms with Crippen LogP contribution in [0.3, 0.4) is 0 Å². The maximum atomic E-state index is 11.8. The second-order valence-corrected chi connectivity index (χ2v) is 8.69. The highest BCUT2D eigenvalue weighted by molar-refractivity contribution is 7.90. The van der Waals surface area contributed by atoms with Gasteiger partial charge in [0.15, 0.2) is 23.0 Å². The summed E-state index contributed by atoms with van der Waals surface area (Å²) in [6.45, 7) is 3.50. The van der Waals surface area contributed by atoms with Crippen molar-refractivity contribution >= 4 is 15.7 Å². The highest BCUT2D eigenvalue weighted by Gasteiger charge is 2.15. The fourth-order valence-electron chi connectivity index (χ4n) is 2.51. The van der Waals surface area contributed by atoms with Crippen molar-refractivity contribution in [3.8, 4) is 28.8 Å². The first-order valence-corrected chi connectivity index (χ1v) is 10.5. The number of rotatable bonds is 9. The van der Waals surface area contributed by atoms with E-state index in [2.05, 4.69) is 20.0 Å². The normalized spacial score (nSPS) is 11.8. The van der Waals surface area contributed by atoms with Crippen LogP contribution < -0.4 is 18.9 Å². The first kappa shape index (κ1) is 20.8. The highest BCUT2D eigenvalue weighted by Crippen LogP contribution is 2.31. The fraction of sp³-hybridized carbons (Fsp3) is 0.389. The van der Waals surface area contributed by atoms with Gasteiger partial charge < -0.3 is 14.2 Å². The summed E-state index contributed by atoms with van der Waals surface area (Å²) in [7, 11) is -0.209. The summed E-state index contributed by atoms with van der Waals surface area (Å²) in [5.41, 5.74) is 1.28. The molecule has 29 heavy (non-hydrogen) atoms. The van der Waals surface area contributed by atoms with Crippen molar-refractivity contribution < 1.29 is 22.6 Å². The molecule has 156 valence electrons. The minimum absolute atomic E-state index is 0.137. The predicted molar refractivity (Wildman–Crippen MR) is 107 cm³/mol. The molecule has 0 spiro atoms. The van der Waals surface area contributed by atoms with Crippen LogP contribution in [0.25, 0.3) is 17.0 Å². The van der Waals surface area contributed by atoms with E-state index < -0.39 is 15.3 Å². The topological polar surface area (TPSA) is 117 Å². The molecule has 10 nitrogen and oxygen atoms in total. The Morgan fingerprint density at radius 1 is 1.07 bits per heavy atom. The molecule has 0 radical (unpaired) electrons. The number of methoxy groups -OCH3 is 2. The average molecular weight is 421 g/mol. The lowest BCUT2D eigenvalue weighted by atomic mass is 10.2. The van der Waals surface area contributed by atoms with Crippen molar-refractivity contribution in [2.75, 3.05) is 27.4 Å². The number of sulfonamides is 1. The van der Waals surface area contributed by atoms with Crippen molar-refractivity contribution in [1.82, 2.24) is 24.5 Å². The first-order chi connectivity index (χ1) is 13.9. The molecule has 0 atom stereocenters. The summed E-state index contributed by atoms with van der Waals surface area (Å²) < 4.78 is 43.7. The number of benzene rings is 1. The van der Waals surface area contributed by atoms with Gasteiger partial charge in [0.25, 0.3) is 0 Å². The average Bonchev–Trinajstić information content (AvgIpc) is 3.13.